The number of anilines is 1. The maximum atomic E-state index is 13.7. The van der Waals surface area contributed by atoms with Crippen LogP contribution in [0.3, 0.4) is 0 Å². The largest absolute Gasteiger partial charge is 0.383 e. The summed E-state index contributed by atoms with van der Waals surface area (Å²) < 4.78 is 40.1. The summed E-state index contributed by atoms with van der Waals surface area (Å²) in [4.78, 5) is 23.0. The molecule has 2 rings (SSSR count). The molecule has 120 valence electrons. The summed E-state index contributed by atoms with van der Waals surface area (Å²) in [5.41, 5.74) is -2.06. The highest BCUT2D eigenvalue weighted by atomic mass is 19.3. The molecule has 1 aliphatic carbocycles. The van der Waals surface area contributed by atoms with E-state index in [9.17, 15) is 27.9 Å². The van der Waals surface area contributed by atoms with Crippen molar-refractivity contribution in [3.8, 4) is 0 Å². The molecule has 0 aliphatic heterocycles. The van der Waals surface area contributed by atoms with Gasteiger partial charge in [0.15, 0.2) is 0 Å². The molecule has 0 radical (unpaired) electrons. The fourth-order valence-corrected chi connectivity index (χ4v) is 2.05. The van der Waals surface area contributed by atoms with Crippen LogP contribution in [-0.2, 0) is 9.59 Å². The fraction of sp³-hybridized carbons (Fsp3) is 0.429. The van der Waals surface area contributed by atoms with Crippen LogP contribution in [0, 0.1) is 5.82 Å². The molecule has 0 spiro atoms. The number of aliphatic hydroxyl groups is 1. The zero-order valence-electron chi connectivity index (χ0n) is 11.5. The highest BCUT2D eigenvalue weighted by molar-refractivity contribution is 5.95. The Morgan fingerprint density at radius 3 is 2.32 bits per heavy atom. The molecule has 8 heteroatoms. The maximum absolute atomic E-state index is 13.7. The third-order valence-electron chi connectivity index (χ3n) is 3.59. The van der Waals surface area contributed by atoms with Crippen LogP contribution in [0.5, 0.6) is 0 Å². The van der Waals surface area contributed by atoms with Crippen LogP contribution in [0.2, 0.25) is 0 Å². The number of carbonyl (C=O) groups excluding carboxylic acids is 2. The number of rotatable bonds is 5. The molecule has 1 aromatic carbocycles. The maximum Gasteiger partial charge on any atom is 0.352 e. The standard InChI is InChI=1S/C14H15F3N2O3/c15-9-2-4-10(5-3-9)19-11(20)8-18-12(21)14(16,17)13(22)6-1-7-13/h2-5,22H,1,6-8H2,(H,18,21)(H,19,20). The van der Waals surface area contributed by atoms with E-state index in [1.165, 1.54) is 12.1 Å². The first-order valence-corrected chi connectivity index (χ1v) is 6.68. The Labute approximate surface area is 124 Å². The molecule has 0 heterocycles. The van der Waals surface area contributed by atoms with Gasteiger partial charge in [0.1, 0.15) is 11.4 Å². The van der Waals surface area contributed by atoms with Gasteiger partial charge < -0.3 is 15.7 Å². The van der Waals surface area contributed by atoms with Gasteiger partial charge in [-0.15, -0.1) is 0 Å². The van der Waals surface area contributed by atoms with Gasteiger partial charge >= 0.3 is 5.92 Å². The molecule has 2 amide bonds. The van der Waals surface area contributed by atoms with Gasteiger partial charge in [-0.2, -0.15) is 8.78 Å². The molecule has 1 fully saturated rings. The quantitative estimate of drug-likeness (QED) is 0.769. The third kappa shape index (κ3) is 3.22. The van der Waals surface area contributed by atoms with Crippen LogP contribution in [-0.4, -0.2) is 35.0 Å². The highest BCUT2D eigenvalue weighted by Gasteiger charge is 2.61. The minimum atomic E-state index is -3.94. The van der Waals surface area contributed by atoms with Gasteiger partial charge in [0.25, 0.3) is 5.91 Å². The molecule has 3 N–H and O–H groups in total. The first-order valence-electron chi connectivity index (χ1n) is 6.68. The lowest BCUT2D eigenvalue weighted by Gasteiger charge is -2.41. The average Bonchev–Trinajstić information content (AvgIpc) is 2.44. The number of carbonyl (C=O) groups is 2. The van der Waals surface area contributed by atoms with Crippen LogP contribution in [0.15, 0.2) is 24.3 Å². The monoisotopic (exact) mass is 316 g/mol. The van der Waals surface area contributed by atoms with Crippen molar-refractivity contribution in [1.82, 2.24) is 5.32 Å². The number of halogens is 3. The van der Waals surface area contributed by atoms with E-state index in [1.807, 2.05) is 0 Å². The molecule has 0 aromatic heterocycles. The summed E-state index contributed by atoms with van der Waals surface area (Å²) in [5.74, 6) is -6.86. The van der Waals surface area contributed by atoms with Gasteiger partial charge in [-0.1, -0.05) is 0 Å². The predicted molar refractivity (Wildman–Crippen MR) is 71.8 cm³/mol. The molecule has 5 nitrogen and oxygen atoms in total. The van der Waals surface area contributed by atoms with Gasteiger partial charge in [-0.05, 0) is 43.5 Å². The van der Waals surface area contributed by atoms with Crippen molar-refractivity contribution >= 4 is 17.5 Å². The molecule has 22 heavy (non-hydrogen) atoms. The molecular weight excluding hydrogens is 301 g/mol. The molecule has 1 saturated carbocycles. The molecule has 1 aromatic rings. The second-order valence-corrected chi connectivity index (χ2v) is 5.20. The number of nitrogens with one attached hydrogen (secondary N) is 2. The van der Waals surface area contributed by atoms with E-state index >= 15 is 0 Å². The molecule has 0 atom stereocenters. The highest BCUT2D eigenvalue weighted by Crippen LogP contribution is 2.44. The normalized spacial score (nSPS) is 16.5. The summed E-state index contributed by atoms with van der Waals surface area (Å²) in [6, 6.07) is 4.82. The van der Waals surface area contributed by atoms with Gasteiger partial charge in [0.2, 0.25) is 5.91 Å². The van der Waals surface area contributed by atoms with E-state index in [-0.39, 0.29) is 18.5 Å². The van der Waals surface area contributed by atoms with Crippen LogP contribution >= 0.6 is 0 Å². The van der Waals surface area contributed by atoms with E-state index in [2.05, 4.69) is 5.32 Å². The summed E-state index contributed by atoms with van der Waals surface area (Å²) >= 11 is 0. The van der Waals surface area contributed by atoms with Crippen molar-refractivity contribution < 1.29 is 27.9 Å². The Kier molecular flexibility index (Phi) is 4.41. The van der Waals surface area contributed by atoms with Crippen molar-refractivity contribution in [3.63, 3.8) is 0 Å². The lowest BCUT2D eigenvalue weighted by molar-refractivity contribution is -0.215. The summed E-state index contributed by atoms with van der Waals surface area (Å²) in [6.45, 7) is -0.679. The second-order valence-electron chi connectivity index (χ2n) is 5.20. The fourth-order valence-electron chi connectivity index (χ4n) is 2.05. The van der Waals surface area contributed by atoms with Crippen molar-refractivity contribution in [2.45, 2.75) is 30.8 Å². The van der Waals surface area contributed by atoms with E-state index < -0.39 is 35.7 Å². The summed E-state index contributed by atoms with van der Waals surface area (Å²) in [5, 5.41) is 13.7. The second kappa shape index (κ2) is 5.96. The van der Waals surface area contributed by atoms with Gasteiger partial charge in [0, 0.05) is 5.69 Å². The number of benzene rings is 1. The Morgan fingerprint density at radius 2 is 1.82 bits per heavy atom. The summed E-state index contributed by atoms with van der Waals surface area (Å²) in [7, 11) is 0. The van der Waals surface area contributed by atoms with Crippen molar-refractivity contribution in [2.24, 2.45) is 0 Å². The lowest BCUT2D eigenvalue weighted by atomic mass is 9.75. The van der Waals surface area contributed by atoms with E-state index in [0.717, 1.165) is 12.1 Å². The SMILES string of the molecule is O=C(CNC(=O)C(F)(F)C1(O)CCC1)Nc1ccc(F)cc1. The topological polar surface area (TPSA) is 78.4 Å². The van der Waals surface area contributed by atoms with Gasteiger partial charge in [0.05, 0.1) is 6.54 Å². The minimum Gasteiger partial charge on any atom is -0.383 e. The molecular formula is C14H15F3N2O3. The van der Waals surface area contributed by atoms with Crippen LogP contribution in [0.4, 0.5) is 18.9 Å². The van der Waals surface area contributed by atoms with E-state index in [1.54, 1.807) is 5.32 Å². The smallest absolute Gasteiger partial charge is 0.352 e. The third-order valence-corrected chi connectivity index (χ3v) is 3.59. The lowest BCUT2D eigenvalue weighted by Crippen LogP contribution is -2.61. The van der Waals surface area contributed by atoms with Crippen molar-refractivity contribution in [2.75, 3.05) is 11.9 Å². The predicted octanol–water partition coefficient (Wildman–Crippen LogP) is 1.43. The van der Waals surface area contributed by atoms with Crippen LogP contribution < -0.4 is 10.6 Å². The number of hydrogen-bond donors (Lipinski definition) is 3. The van der Waals surface area contributed by atoms with Crippen molar-refractivity contribution in [1.29, 1.82) is 0 Å². The molecule has 0 bridgehead atoms. The molecule has 0 saturated heterocycles. The Balaban J connectivity index is 1.85. The van der Waals surface area contributed by atoms with E-state index in [4.69, 9.17) is 0 Å². The summed E-state index contributed by atoms with van der Waals surface area (Å²) in [6.07, 6.45) is 0.106. The molecule has 0 unspecified atom stereocenters. The van der Waals surface area contributed by atoms with Crippen molar-refractivity contribution in [3.05, 3.63) is 30.1 Å². The van der Waals surface area contributed by atoms with Gasteiger partial charge in [-0.3, -0.25) is 9.59 Å². The number of alkyl halides is 2. The number of hydrogen-bond acceptors (Lipinski definition) is 3. The van der Waals surface area contributed by atoms with E-state index in [0.29, 0.717) is 6.42 Å². The van der Waals surface area contributed by atoms with Crippen LogP contribution in [0.1, 0.15) is 19.3 Å². The number of amides is 2. The average molecular weight is 316 g/mol. The molecule has 1 aliphatic rings. The minimum absolute atomic E-state index is 0.158. The van der Waals surface area contributed by atoms with Gasteiger partial charge in [-0.25, -0.2) is 4.39 Å². The zero-order chi connectivity index (χ0) is 16.4. The Morgan fingerprint density at radius 1 is 1.23 bits per heavy atom. The van der Waals surface area contributed by atoms with Crippen LogP contribution in [0.25, 0.3) is 0 Å². The Hall–Kier alpha value is -2.09. The first-order chi connectivity index (χ1) is 10.2. The zero-order valence-corrected chi connectivity index (χ0v) is 11.5. The first kappa shape index (κ1) is 16.3. The Bertz CT molecular complexity index is 571.